The molecule has 0 saturated carbocycles. The van der Waals surface area contributed by atoms with Crippen LogP contribution in [0.25, 0.3) is 16.6 Å². The van der Waals surface area contributed by atoms with E-state index in [4.69, 9.17) is 4.74 Å². The lowest BCUT2D eigenvalue weighted by Gasteiger charge is -2.14. The van der Waals surface area contributed by atoms with E-state index in [-0.39, 0.29) is 11.5 Å². The molecule has 0 unspecified atom stereocenters. The number of aromatic nitrogens is 3. The lowest BCUT2D eigenvalue weighted by molar-refractivity contribution is 0.102. The van der Waals surface area contributed by atoms with Crippen LogP contribution in [0, 0.1) is 0 Å². The van der Waals surface area contributed by atoms with Crippen LogP contribution in [0.2, 0.25) is 0 Å². The Labute approximate surface area is 183 Å². The number of methoxy groups -OCH3 is 1. The molecular weight excluding hydrogens is 404 g/mol. The van der Waals surface area contributed by atoms with Crippen LogP contribution in [0.1, 0.15) is 15.9 Å². The van der Waals surface area contributed by atoms with Gasteiger partial charge in [-0.25, -0.2) is 4.52 Å². The molecule has 2 aromatic heterocycles. The molecule has 3 aromatic carbocycles. The Morgan fingerprint density at radius 1 is 0.938 bits per heavy atom. The maximum atomic E-state index is 13.3. The van der Waals surface area contributed by atoms with Crippen LogP contribution < -0.4 is 15.6 Å². The second-order valence-electron chi connectivity index (χ2n) is 7.39. The molecule has 0 fully saturated rings. The second-order valence-corrected chi connectivity index (χ2v) is 7.39. The molecule has 32 heavy (non-hydrogen) atoms. The number of fused-ring (bicyclic) bond motifs is 3. The van der Waals surface area contributed by atoms with Crippen LogP contribution in [-0.2, 0) is 6.54 Å². The number of nitrogens with zero attached hydrogens (tertiary/aromatic N) is 3. The lowest BCUT2D eigenvalue weighted by Crippen LogP contribution is -2.24. The Balaban J connectivity index is 1.64. The maximum absolute atomic E-state index is 13.3. The van der Waals surface area contributed by atoms with Crippen molar-refractivity contribution in [3.63, 3.8) is 0 Å². The molecule has 0 aliphatic heterocycles. The van der Waals surface area contributed by atoms with Crippen LogP contribution in [0.4, 0.5) is 5.69 Å². The quantitative estimate of drug-likeness (QED) is 0.463. The molecule has 7 nitrogen and oxygen atoms in total. The number of nitrogens with one attached hydrogen (secondary N) is 1. The molecular formula is C25H20N4O3. The zero-order chi connectivity index (χ0) is 22.1. The largest absolute Gasteiger partial charge is 0.497 e. The van der Waals surface area contributed by atoms with Crippen LogP contribution in [0.3, 0.4) is 0 Å². The van der Waals surface area contributed by atoms with Crippen molar-refractivity contribution in [1.82, 2.24) is 14.2 Å². The minimum Gasteiger partial charge on any atom is -0.497 e. The van der Waals surface area contributed by atoms with Gasteiger partial charge in [-0.2, -0.15) is 5.10 Å². The number of ether oxygens (including phenoxy) is 1. The number of carbonyl (C=O) groups excluding carboxylic acids is 1. The first kappa shape index (κ1) is 19.6. The van der Waals surface area contributed by atoms with E-state index in [9.17, 15) is 9.59 Å². The number of rotatable bonds is 5. The van der Waals surface area contributed by atoms with Crippen molar-refractivity contribution in [2.24, 2.45) is 0 Å². The third kappa shape index (κ3) is 3.50. The van der Waals surface area contributed by atoms with Crippen LogP contribution in [-0.4, -0.2) is 27.2 Å². The minimum atomic E-state index is -0.251. The van der Waals surface area contributed by atoms with Gasteiger partial charge in [-0.3, -0.25) is 9.59 Å². The number of benzene rings is 3. The van der Waals surface area contributed by atoms with E-state index in [0.717, 1.165) is 11.1 Å². The van der Waals surface area contributed by atoms with Crippen LogP contribution in [0.5, 0.6) is 5.75 Å². The Morgan fingerprint density at radius 3 is 2.59 bits per heavy atom. The summed E-state index contributed by atoms with van der Waals surface area (Å²) in [6.07, 6.45) is 1.60. The summed E-state index contributed by atoms with van der Waals surface area (Å²) in [5.74, 6) is 0.465. The molecule has 5 aromatic rings. The summed E-state index contributed by atoms with van der Waals surface area (Å²) in [6, 6.07) is 23.8. The van der Waals surface area contributed by atoms with Gasteiger partial charge < -0.3 is 14.6 Å². The van der Waals surface area contributed by atoms with Crippen molar-refractivity contribution in [3.8, 4) is 5.75 Å². The molecule has 0 atom stereocenters. The average Bonchev–Trinajstić information content (AvgIpc) is 3.32. The Morgan fingerprint density at radius 2 is 1.78 bits per heavy atom. The fraction of sp³-hybridized carbons (Fsp3) is 0.0800. The van der Waals surface area contributed by atoms with Gasteiger partial charge in [0.15, 0.2) is 0 Å². The number of para-hydroxylation sites is 1. The van der Waals surface area contributed by atoms with Gasteiger partial charge in [0.1, 0.15) is 11.3 Å². The Bertz CT molecular complexity index is 1500. The fourth-order valence-electron chi connectivity index (χ4n) is 3.80. The van der Waals surface area contributed by atoms with E-state index in [1.54, 1.807) is 40.6 Å². The van der Waals surface area contributed by atoms with Crippen LogP contribution in [0.15, 0.2) is 89.9 Å². The first-order valence-corrected chi connectivity index (χ1v) is 10.1. The molecule has 0 saturated heterocycles. The van der Waals surface area contributed by atoms with E-state index >= 15 is 0 Å². The fourth-order valence-corrected chi connectivity index (χ4v) is 3.80. The average molecular weight is 424 g/mol. The molecule has 0 aliphatic carbocycles. The standard InChI is InChI=1S/C25H20N4O3/c1-32-20-9-5-6-17(14-20)16-28-23-15-18(24(30)27-19-7-3-2-4-8-19)10-11-21(23)29-22(25(28)31)12-13-26-29/h2-15H,16H2,1H3,(H,27,30). The summed E-state index contributed by atoms with van der Waals surface area (Å²) in [5.41, 5.74) is 3.72. The highest BCUT2D eigenvalue weighted by atomic mass is 16.5. The van der Waals surface area contributed by atoms with Crippen molar-refractivity contribution in [1.29, 1.82) is 0 Å². The molecule has 1 amide bonds. The van der Waals surface area contributed by atoms with E-state index in [1.807, 2.05) is 60.7 Å². The highest BCUT2D eigenvalue weighted by Gasteiger charge is 2.15. The van der Waals surface area contributed by atoms with Gasteiger partial charge in [-0.1, -0.05) is 30.3 Å². The monoisotopic (exact) mass is 424 g/mol. The van der Waals surface area contributed by atoms with Gasteiger partial charge in [0.2, 0.25) is 0 Å². The van der Waals surface area contributed by atoms with Crippen LogP contribution >= 0.6 is 0 Å². The molecule has 158 valence electrons. The third-order valence-electron chi connectivity index (χ3n) is 5.37. The Hall–Kier alpha value is -4.39. The van der Waals surface area contributed by atoms with Gasteiger partial charge in [-0.05, 0) is 54.1 Å². The lowest BCUT2D eigenvalue weighted by atomic mass is 10.1. The number of hydrogen-bond donors (Lipinski definition) is 1. The molecule has 0 aliphatic rings. The van der Waals surface area contributed by atoms with Crippen molar-refractivity contribution >= 4 is 28.1 Å². The van der Waals surface area contributed by atoms with Crippen molar-refractivity contribution in [2.75, 3.05) is 12.4 Å². The van der Waals surface area contributed by atoms with Gasteiger partial charge in [-0.15, -0.1) is 0 Å². The van der Waals surface area contributed by atoms with Gasteiger partial charge >= 0.3 is 0 Å². The van der Waals surface area contributed by atoms with Crippen molar-refractivity contribution in [3.05, 3.63) is 107 Å². The SMILES string of the molecule is COc1cccc(Cn2c(=O)c3ccnn3c3ccc(C(=O)Nc4ccccc4)cc32)c1. The smallest absolute Gasteiger partial charge is 0.277 e. The first-order valence-electron chi connectivity index (χ1n) is 10.1. The summed E-state index contributed by atoms with van der Waals surface area (Å²) < 4.78 is 8.60. The summed E-state index contributed by atoms with van der Waals surface area (Å²) in [5, 5.41) is 7.20. The number of amides is 1. The van der Waals surface area contributed by atoms with E-state index in [1.165, 1.54) is 0 Å². The number of carbonyl (C=O) groups is 1. The Kier molecular flexibility index (Phi) is 4.91. The number of anilines is 1. The van der Waals surface area contributed by atoms with Gasteiger partial charge in [0, 0.05) is 11.3 Å². The van der Waals surface area contributed by atoms with E-state index in [0.29, 0.717) is 34.6 Å². The summed E-state index contributed by atoms with van der Waals surface area (Å²) in [4.78, 5) is 26.2. The molecule has 2 heterocycles. The van der Waals surface area contributed by atoms with Gasteiger partial charge in [0.25, 0.3) is 11.5 Å². The van der Waals surface area contributed by atoms with E-state index < -0.39 is 0 Å². The normalized spacial score (nSPS) is 11.0. The molecule has 1 N–H and O–H groups in total. The molecule has 5 rings (SSSR count). The molecule has 0 radical (unpaired) electrons. The second kappa shape index (κ2) is 8.03. The summed E-state index contributed by atoms with van der Waals surface area (Å²) in [7, 11) is 1.61. The molecule has 0 spiro atoms. The summed E-state index contributed by atoms with van der Waals surface area (Å²) >= 11 is 0. The number of hydrogen-bond acceptors (Lipinski definition) is 4. The predicted octanol–water partition coefficient (Wildman–Crippen LogP) is 3.96. The third-order valence-corrected chi connectivity index (χ3v) is 5.37. The minimum absolute atomic E-state index is 0.182. The summed E-state index contributed by atoms with van der Waals surface area (Å²) in [6.45, 7) is 0.331. The first-order chi connectivity index (χ1) is 15.6. The van der Waals surface area contributed by atoms with Crippen molar-refractivity contribution < 1.29 is 9.53 Å². The topological polar surface area (TPSA) is 77.6 Å². The molecule has 0 bridgehead atoms. The van der Waals surface area contributed by atoms with Gasteiger partial charge in [0.05, 0.1) is 30.9 Å². The maximum Gasteiger partial charge on any atom is 0.277 e. The zero-order valence-electron chi connectivity index (χ0n) is 17.4. The van der Waals surface area contributed by atoms with E-state index in [2.05, 4.69) is 10.4 Å². The highest BCUT2D eigenvalue weighted by Crippen LogP contribution is 2.20. The highest BCUT2D eigenvalue weighted by molar-refractivity contribution is 6.06. The predicted molar refractivity (Wildman–Crippen MR) is 123 cm³/mol. The zero-order valence-corrected chi connectivity index (χ0v) is 17.4. The van der Waals surface area contributed by atoms with Crippen molar-refractivity contribution in [2.45, 2.75) is 6.54 Å². The molecule has 7 heteroatoms.